The highest BCUT2D eigenvalue weighted by atomic mass is 19.1. The molecule has 1 N–H and O–H groups in total. The third-order valence-electron chi connectivity index (χ3n) is 6.07. The van der Waals surface area contributed by atoms with Crippen LogP contribution in [-0.2, 0) is 9.53 Å². The summed E-state index contributed by atoms with van der Waals surface area (Å²) >= 11 is 0. The first-order valence-corrected chi connectivity index (χ1v) is 9.89. The fourth-order valence-corrected chi connectivity index (χ4v) is 4.43. The number of amides is 1. The molecule has 1 aromatic rings. The van der Waals surface area contributed by atoms with Crippen molar-refractivity contribution >= 4 is 5.91 Å². The summed E-state index contributed by atoms with van der Waals surface area (Å²) in [5.74, 6) is 0.343. The van der Waals surface area contributed by atoms with Crippen molar-refractivity contribution < 1.29 is 13.9 Å². The second-order valence-electron chi connectivity index (χ2n) is 7.66. The summed E-state index contributed by atoms with van der Waals surface area (Å²) < 4.78 is 19.7. The maximum absolute atomic E-state index is 14.0. The molecule has 5 heteroatoms. The van der Waals surface area contributed by atoms with Crippen molar-refractivity contribution in [3.63, 3.8) is 0 Å². The molecule has 2 saturated heterocycles. The van der Waals surface area contributed by atoms with Crippen molar-refractivity contribution in [3.8, 4) is 0 Å². The molecule has 0 spiro atoms. The van der Waals surface area contributed by atoms with Gasteiger partial charge in [-0.3, -0.25) is 4.79 Å². The van der Waals surface area contributed by atoms with E-state index in [9.17, 15) is 9.18 Å². The van der Waals surface area contributed by atoms with Crippen LogP contribution in [0.1, 0.15) is 49.3 Å². The molecule has 4 nitrogen and oxygen atoms in total. The van der Waals surface area contributed by atoms with Crippen LogP contribution in [0.25, 0.3) is 0 Å². The topological polar surface area (TPSA) is 41.6 Å². The quantitative estimate of drug-likeness (QED) is 0.872. The minimum atomic E-state index is -0.198. The van der Waals surface area contributed by atoms with E-state index in [-0.39, 0.29) is 29.7 Å². The molecule has 0 aromatic heterocycles. The number of carbonyl (C=O) groups excluding carboxylic acids is 1. The highest BCUT2D eigenvalue weighted by Gasteiger charge is 2.36. The van der Waals surface area contributed by atoms with Gasteiger partial charge in [-0.05, 0) is 68.7 Å². The lowest BCUT2D eigenvalue weighted by Gasteiger charge is -2.38. The zero-order valence-electron chi connectivity index (χ0n) is 16.0. The molecule has 2 heterocycles. The SMILES string of the molecule is COC(CC1CCNC[C@H]1C(=O)N1CCCCC1)c1cccc(F)c1C. The molecule has 0 saturated carbocycles. The number of ether oxygens (including phenoxy) is 1. The van der Waals surface area contributed by atoms with Gasteiger partial charge in [-0.15, -0.1) is 0 Å². The Kier molecular flexibility index (Phi) is 6.65. The van der Waals surface area contributed by atoms with Crippen molar-refractivity contribution in [3.05, 3.63) is 35.1 Å². The van der Waals surface area contributed by atoms with Gasteiger partial charge in [0.15, 0.2) is 0 Å². The van der Waals surface area contributed by atoms with E-state index in [1.165, 1.54) is 12.5 Å². The highest BCUT2D eigenvalue weighted by molar-refractivity contribution is 5.79. The number of nitrogens with one attached hydrogen (secondary N) is 1. The van der Waals surface area contributed by atoms with Crippen LogP contribution in [0.2, 0.25) is 0 Å². The number of hydrogen-bond acceptors (Lipinski definition) is 3. The molecular formula is C21H31FN2O2. The summed E-state index contributed by atoms with van der Waals surface area (Å²) in [6, 6.07) is 5.16. The molecule has 2 aliphatic rings. The minimum Gasteiger partial charge on any atom is -0.377 e. The van der Waals surface area contributed by atoms with Crippen molar-refractivity contribution in [2.75, 3.05) is 33.3 Å². The molecule has 0 aliphatic carbocycles. The van der Waals surface area contributed by atoms with E-state index in [1.54, 1.807) is 20.1 Å². The molecule has 2 fully saturated rings. The monoisotopic (exact) mass is 362 g/mol. The Morgan fingerprint density at radius 1 is 1.35 bits per heavy atom. The Balaban J connectivity index is 1.74. The van der Waals surface area contributed by atoms with E-state index in [0.29, 0.717) is 5.56 Å². The van der Waals surface area contributed by atoms with Gasteiger partial charge in [-0.1, -0.05) is 12.1 Å². The van der Waals surface area contributed by atoms with E-state index >= 15 is 0 Å². The van der Waals surface area contributed by atoms with Gasteiger partial charge in [0.1, 0.15) is 5.82 Å². The van der Waals surface area contributed by atoms with E-state index in [1.807, 2.05) is 11.0 Å². The number of benzene rings is 1. The predicted molar refractivity (Wildman–Crippen MR) is 100 cm³/mol. The lowest BCUT2D eigenvalue weighted by molar-refractivity contribution is -0.139. The first-order valence-electron chi connectivity index (χ1n) is 9.89. The predicted octanol–water partition coefficient (Wildman–Crippen LogP) is 3.45. The second kappa shape index (κ2) is 8.96. The summed E-state index contributed by atoms with van der Waals surface area (Å²) in [6.07, 6.45) is 4.98. The Bertz CT molecular complexity index is 616. The maximum atomic E-state index is 14.0. The molecule has 1 aromatic carbocycles. The highest BCUT2D eigenvalue weighted by Crippen LogP contribution is 2.34. The summed E-state index contributed by atoms with van der Waals surface area (Å²) in [4.78, 5) is 15.1. The molecule has 3 rings (SSSR count). The molecule has 2 unspecified atom stereocenters. The van der Waals surface area contributed by atoms with Crippen LogP contribution in [-0.4, -0.2) is 44.1 Å². The lowest BCUT2D eigenvalue weighted by atomic mass is 9.80. The molecular weight excluding hydrogens is 331 g/mol. The van der Waals surface area contributed by atoms with Crippen LogP contribution in [0.5, 0.6) is 0 Å². The largest absolute Gasteiger partial charge is 0.377 e. The smallest absolute Gasteiger partial charge is 0.227 e. The number of piperidine rings is 2. The summed E-state index contributed by atoms with van der Waals surface area (Å²) in [7, 11) is 1.68. The molecule has 0 radical (unpaired) electrons. The molecule has 3 atom stereocenters. The molecule has 144 valence electrons. The number of halogens is 1. The molecule has 0 bridgehead atoms. The lowest BCUT2D eigenvalue weighted by Crippen LogP contribution is -2.48. The molecule has 1 amide bonds. The number of rotatable bonds is 5. The maximum Gasteiger partial charge on any atom is 0.227 e. The average molecular weight is 362 g/mol. The van der Waals surface area contributed by atoms with Gasteiger partial charge < -0.3 is 15.0 Å². The Labute approximate surface area is 156 Å². The van der Waals surface area contributed by atoms with Crippen LogP contribution in [0.15, 0.2) is 18.2 Å². The van der Waals surface area contributed by atoms with E-state index in [2.05, 4.69) is 5.32 Å². The van der Waals surface area contributed by atoms with Crippen LogP contribution in [0.4, 0.5) is 4.39 Å². The van der Waals surface area contributed by atoms with Crippen LogP contribution in [0, 0.1) is 24.6 Å². The minimum absolute atomic E-state index is 0.00614. The third kappa shape index (κ3) is 4.26. The van der Waals surface area contributed by atoms with Gasteiger partial charge in [-0.25, -0.2) is 4.39 Å². The van der Waals surface area contributed by atoms with Gasteiger partial charge in [0, 0.05) is 26.7 Å². The first-order chi connectivity index (χ1) is 12.6. The number of carbonyl (C=O) groups is 1. The Morgan fingerprint density at radius 2 is 2.12 bits per heavy atom. The van der Waals surface area contributed by atoms with E-state index < -0.39 is 0 Å². The van der Waals surface area contributed by atoms with Crippen LogP contribution < -0.4 is 5.32 Å². The fraction of sp³-hybridized carbons (Fsp3) is 0.667. The zero-order chi connectivity index (χ0) is 18.5. The summed E-state index contributed by atoms with van der Waals surface area (Å²) in [6.45, 7) is 5.23. The van der Waals surface area contributed by atoms with Gasteiger partial charge in [0.05, 0.1) is 12.0 Å². The van der Waals surface area contributed by atoms with E-state index in [4.69, 9.17) is 4.74 Å². The number of hydrogen-bond donors (Lipinski definition) is 1. The van der Waals surface area contributed by atoms with Gasteiger partial charge in [0.25, 0.3) is 0 Å². The molecule has 26 heavy (non-hydrogen) atoms. The van der Waals surface area contributed by atoms with Gasteiger partial charge in [0.2, 0.25) is 5.91 Å². The normalized spacial score (nSPS) is 25.1. The second-order valence-corrected chi connectivity index (χ2v) is 7.66. The average Bonchev–Trinajstić information content (AvgIpc) is 2.69. The van der Waals surface area contributed by atoms with Gasteiger partial charge in [-0.2, -0.15) is 0 Å². The van der Waals surface area contributed by atoms with Gasteiger partial charge >= 0.3 is 0 Å². The first kappa shape index (κ1) is 19.3. The Hall–Kier alpha value is -1.46. The summed E-state index contributed by atoms with van der Waals surface area (Å²) in [5.41, 5.74) is 1.54. The standard InChI is InChI=1S/C21H31FN2O2/c1-15-17(7-6-8-19(15)22)20(26-2)13-16-9-10-23-14-18(16)21(25)24-11-4-3-5-12-24/h6-8,16,18,20,23H,3-5,9-14H2,1-2H3/t16?,18-,20?/m1/s1. The van der Waals surface area contributed by atoms with Crippen molar-refractivity contribution in [1.29, 1.82) is 0 Å². The summed E-state index contributed by atoms with van der Waals surface area (Å²) in [5, 5.41) is 3.39. The van der Waals surface area contributed by atoms with E-state index in [0.717, 1.165) is 57.4 Å². The zero-order valence-corrected chi connectivity index (χ0v) is 16.0. The number of methoxy groups -OCH3 is 1. The fourth-order valence-electron chi connectivity index (χ4n) is 4.43. The van der Waals surface area contributed by atoms with Crippen LogP contribution >= 0.6 is 0 Å². The van der Waals surface area contributed by atoms with Crippen molar-refractivity contribution in [1.82, 2.24) is 10.2 Å². The van der Waals surface area contributed by atoms with Crippen molar-refractivity contribution in [2.24, 2.45) is 11.8 Å². The van der Waals surface area contributed by atoms with Crippen LogP contribution in [0.3, 0.4) is 0 Å². The van der Waals surface area contributed by atoms with Crippen molar-refractivity contribution in [2.45, 2.75) is 45.1 Å². The third-order valence-corrected chi connectivity index (χ3v) is 6.07. The molecule has 2 aliphatic heterocycles. The number of likely N-dealkylation sites (tertiary alicyclic amines) is 1. The number of nitrogens with zero attached hydrogens (tertiary/aromatic N) is 1. The Morgan fingerprint density at radius 3 is 2.85 bits per heavy atom.